The average molecular weight is 279 g/mol. The third-order valence-electron chi connectivity index (χ3n) is 2.36. The van der Waals surface area contributed by atoms with Gasteiger partial charge < -0.3 is 5.11 Å². The molecule has 0 heterocycles. The molecule has 2 N–H and O–H groups in total. The van der Waals surface area contributed by atoms with Gasteiger partial charge in [0.15, 0.2) is 4.90 Å². The summed E-state index contributed by atoms with van der Waals surface area (Å²) in [5.41, 5.74) is -0.713. The number of hydrogen-bond donors (Lipinski definition) is 2. The Labute approximate surface area is 105 Å². The van der Waals surface area contributed by atoms with Gasteiger partial charge in [0.2, 0.25) is 10.0 Å². The fourth-order valence-corrected chi connectivity index (χ4v) is 2.53. The summed E-state index contributed by atoms with van der Waals surface area (Å²) in [6.07, 6.45) is 0. The molecule has 0 radical (unpaired) electrons. The van der Waals surface area contributed by atoms with Gasteiger partial charge in [-0.25, -0.2) is 21.9 Å². The summed E-state index contributed by atoms with van der Waals surface area (Å²) in [6, 6.07) is 2.82. The van der Waals surface area contributed by atoms with E-state index in [-0.39, 0.29) is 13.2 Å². The smallest absolute Gasteiger partial charge is 0.246 e. The number of halogens is 2. The Hall–Kier alpha value is -1.05. The zero-order valence-corrected chi connectivity index (χ0v) is 10.9. The zero-order valence-electron chi connectivity index (χ0n) is 10.1. The van der Waals surface area contributed by atoms with Gasteiger partial charge in [0, 0.05) is 18.6 Å². The summed E-state index contributed by atoms with van der Waals surface area (Å²) in [6.45, 7) is 2.86. The van der Waals surface area contributed by atoms with E-state index in [0.29, 0.717) is 0 Å². The molecular weight excluding hydrogens is 264 g/mol. The van der Waals surface area contributed by atoms with Crippen LogP contribution in [-0.2, 0) is 10.0 Å². The van der Waals surface area contributed by atoms with Crippen molar-refractivity contribution in [1.82, 2.24) is 4.72 Å². The predicted molar refractivity (Wildman–Crippen MR) is 62.4 cm³/mol. The number of aliphatic hydroxyl groups excluding tert-OH is 1. The Kier molecular flexibility index (Phi) is 4.41. The van der Waals surface area contributed by atoms with Crippen LogP contribution >= 0.6 is 0 Å². The van der Waals surface area contributed by atoms with Crippen LogP contribution in [0.3, 0.4) is 0 Å². The van der Waals surface area contributed by atoms with Gasteiger partial charge in [-0.3, -0.25) is 0 Å². The molecule has 0 atom stereocenters. The maximum Gasteiger partial charge on any atom is 0.246 e. The van der Waals surface area contributed by atoms with Crippen LogP contribution < -0.4 is 4.72 Å². The molecule has 0 fully saturated rings. The second kappa shape index (κ2) is 5.29. The molecule has 1 rings (SSSR count). The number of aliphatic hydroxyl groups is 1. The first-order valence-electron chi connectivity index (χ1n) is 5.24. The van der Waals surface area contributed by atoms with Crippen molar-refractivity contribution in [1.29, 1.82) is 0 Å². The highest BCUT2D eigenvalue weighted by molar-refractivity contribution is 7.89. The number of rotatable bonds is 5. The molecule has 0 saturated carbocycles. The molecule has 4 nitrogen and oxygen atoms in total. The van der Waals surface area contributed by atoms with Crippen LogP contribution in [0, 0.1) is 17.0 Å². The summed E-state index contributed by atoms with van der Waals surface area (Å²) < 4.78 is 52.3. The van der Waals surface area contributed by atoms with Gasteiger partial charge in [0.1, 0.15) is 11.6 Å². The summed E-state index contributed by atoms with van der Waals surface area (Å²) in [7, 11) is -4.28. The Morgan fingerprint density at radius 1 is 1.28 bits per heavy atom. The molecule has 18 heavy (non-hydrogen) atoms. The topological polar surface area (TPSA) is 66.4 Å². The van der Waals surface area contributed by atoms with Gasteiger partial charge in [0.05, 0.1) is 0 Å². The molecule has 0 spiro atoms. The molecule has 0 aromatic heterocycles. The van der Waals surface area contributed by atoms with Crippen LogP contribution in [0.2, 0.25) is 0 Å². The molecule has 102 valence electrons. The largest absolute Gasteiger partial charge is 0.396 e. The minimum atomic E-state index is -4.28. The van der Waals surface area contributed by atoms with Crippen molar-refractivity contribution >= 4 is 10.0 Å². The van der Waals surface area contributed by atoms with E-state index in [2.05, 4.69) is 4.72 Å². The van der Waals surface area contributed by atoms with Gasteiger partial charge in [-0.1, -0.05) is 19.9 Å². The van der Waals surface area contributed by atoms with Gasteiger partial charge in [0.25, 0.3) is 0 Å². The molecule has 1 aromatic rings. The van der Waals surface area contributed by atoms with Crippen LogP contribution in [0.25, 0.3) is 0 Å². The van der Waals surface area contributed by atoms with Crippen molar-refractivity contribution < 1.29 is 22.3 Å². The minimum Gasteiger partial charge on any atom is -0.396 e. The van der Waals surface area contributed by atoms with Crippen LogP contribution in [-0.4, -0.2) is 26.7 Å². The number of sulfonamides is 1. The van der Waals surface area contributed by atoms with Crippen molar-refractivity contribution in [3.8, 4) is 0 Å². The highest BCUT2D eigenvalue weighted by Crippen LogP contribution is 2.19. The third-order valence-corrected chi connectivity index (χ3v) is 3.81. The lowest BCUT2D eigenvalue weighted by molar-refractivity contribution is 0.163. The van der Waals surface area contributed by atoms with Crippen molar-refractivity contribution in [2.45, 2.75) is 18.7 Å². The van der Waals surface area contributed by atoms with Gasteiger partial charge >= 0.3 is 0 Å². The van der Waals surface area contributed by atoms with Crippen LogP contribution in [0.4, 0.5) is 8.78 Å². The first kappa shape index (κ1) is 15.0. The Bertz CT molecular complexity index is 509. The molecule has 0 aliphatic heterocycles. The fraction of sp³-hybridized carbons (Fsp3) is 0.455. The lowest BCUT2D eigenvalue weighted by atomic mass is 9.96. The number of hydrogen-bond acceptors (Lipinski definition) is 3. The summed E-state index contributed by atoms with van der Waals surface area (Å²) in [5.74, 6) is -2.30. The van der Waals surface area contributed by atoms with Gasteiger partial charge in [-0.15, -0.1) is 0 Å². The monoisotopic (exact) mass is 279 g/mol. The second-order valence-electron chi connectivity index (χ2n) is 4.70. The Morgan fingerprint density at radius 3 is 2.22 bits per heavy atom. The van der Waals surface area contributed by atoms with Crippen LogP contribution in [0.5, 0.6) is 0 Å². The van der Waals surface area contributed by atoms with E-state index in [9.17, 15) is 17.2 Å². The highest BCUT2D eigenvalue weighted by atomic mass is 32.2. The summed E-state index contributed by atoms with van der Waals surface area (Å²) >= 11 is 0. The fourth-order valence-electron chi connectivity index (χ4n) is 1.16. The molecule has 0 amide bonds. The normalized spacial score (nSPS) is 12.7. The van der Waals surface area contributed by atoms with Gasteiger partial charge in [-0.2, -0.15) is 0 Å². The van der Waals surface area contributed by atoms with Crippen LogP contribution in [0.15, 0.2) is 23.1 Å². The van der Waals surface area contributed by atoms with Crippen molar-refractivity contribution in [3.05, 3.63) is 29.8 Å². The van der Waals surface area contributed by atoms with E-state index in [0.717, 1.165) is 18.2 Å². The predicted octanol–water partition coefficient (Wildman–Crippen LogP) is 1.26. The lowest BCUT2D eigenvalue weighted by Crippen LogP contribution is -2.36. The molecule has 0 saturated heterocycles. The SMILES string of the molecule is CC(C)(CO)CNS(=O)(=O)c1c(F)cccc1F. The molecular formula is C11H15F2NO3S. The average Bonchev–Trinajstić information content (AvgIpc) is 2.26. The van der Waals surface area contributed by atoms with E-state index in [1.165, 1.54) is 0 Å². The molecule has 0 aliphatic rings. The lowest BCUT2D eigenvalue weighted by Gasteiger charge is -2.21. The van der Waals surface area contributed by atoms with E-state index >= 15 is 0 Å². The third kappa shape index (κ3) is 3.47. The molecule has 7 heteroatoms. The first-order chi connectivity index (χ1) is 8.19. The maximum absolute atomic E-state index is 13.3. The van der Waals surface area contributed by atoms with Crippen LogP contribution in [0.1, 0.15) is 13.8 Å². The first-order valence-corrected chi connectivity index (χ1v) is 6.72. The molecule has 1 aromatic carbocycles. The molecule has 0 aliphatic carbocycles. The summed E-state index contributed by atoms with van der Waals surface area (Å²) in [4.78, 5) is -1.00. The molecule has 0 bridgehead atoms. The standard InChI is InChI=1S/C11H15F2NO3S/c1-11(2,7-15)6-14-18(16,17)10-8(12)4-3-5-9(10)13/h3-5,14-15H,6-7H2,1-2H3. The number of benzene rings is 1. The van der Waals surface area contributed by atoms with Crippen molar-refractivity contribution in [2.75, 3.05) is 13.2 Å². The number of nitrogens with one attached hydrogen (secondary N) is 1. The molecule has 0 unspecified atom stereocenters. The second-order valence-corrected chi connectivity index (χ2v) is 6.40. The highest BCUT2D eigenvalue weighted by Gasteiger charge is 2.26. The quantitative estimate of drug-likeness (QED) is 0.852. The van der Waals surface area contributed by atoms with E-state index in [1.807, 2.05) is 0 Å². The van der Waals surface area contributed by atoms with Crippen molar-refractivity contribution in [2.24, 2.45) is 5.41 Å². The Balaban J connectivity index is 3.01. The van der Waals surface area contributed by atoms with E-state index in [4.69, 9.17) is 5.11 Å². The van der Waals surface area contributed by atoms with E-state index in [1.54, 1.807) is 13.8 Å². The van der Waals surface area contributed by atoms with E-state index < -0.39 is 32.0 Å². The van der Waals surface area contributed by atoms with Crippen molar-refractivity contribution in [3.63, 3.8) is 0 Å². The zero-order chi connectivity index (χ0) is 14.0. The Morgan fingerprint density at radius 2 is 1.78 bits per heavy atom. The minimum absolute atomic E-state index is 0.125. The van der Waals surface area contributed by atoms with Gasteiger partial charge in [-0.05, 0) is 12.1 Å². The summed E-state index contributed by atoms with van der Waals surface area (Å²) in [5, 5.41) is 8.99. The maximum atomic E-state index is 13.3.